The fourth-order valence-electron chi connectivity index (χ4n) is 4.66. The first-order valence-electron chi connectivity index (χ1n) is 10.4. The number of nitrogens with zero attached hydrogens (tertiary/aromatic N) is 3. The Morgan fingerprint density at radius 2 is 1.86 bits per heavy atom. The fourth-order valence-corrected chi connectivity index (χ4v) is 5.39. The highest BCUT2D eigenvalue weighted by Crippen LogP contribution is 2.27. The number of hydrogen-bond donors (Lipinski definition) is 1. The molecular formula is C22H30FN3OS. The molecular weight excluding hydrogens is 373 g/mol. The number of benzene rings is 1. The van der Waals surface area contributed by atoms with Gasteiger partial charge in [-0.15, -0.1) is 11.3 Å². The minimum Gasteiger partial charge on any atom is -0.396 e. The number of rotatable bonds is 6. The third-order valence-corrected chi connectivity index (χ3v) is 7.07. The maximum atomic E-state index is 14.1. The second kappa shape index (κ2) is 9.35. The minimum atomic E-state index is -0.119. The molecule has 0 radical (unpaired) electrons. The molecule has 2 aromatic rings. The van der Waals surface area contributed by atoms with Crippen LogP contribution < -0.4 is 4.90 Å². The summed E-state index contributed by atoms with van der Waals surface area (Å²) in [6, 6.07) is 12.4. The summed E-state index contributed by atoms with van der Waals surface area (Å²) < 4.78 is 14.1. The van der Waals surface area contributed by atoms with Crippen molar-refractivity contribution in [2.75, 3.05) is 44.2 Å². The Morgan fingerprint density at radius 3 is 2.57 bits per heavy atom. The van der Waals surface area contributed by atoms with E-state index < -0.39 is 0 Å². The lowest BCUT2D eigenvalue weighted by Crippen LogP contribution is -2.57. The first-order valence-corrected chi connectivity index (χ1v) is 11.2. The van der Waals surface area contributed by atoms with Crippen LogP contribution in [0, 0.1) is 5.82 Å². The molecule has 2 fully saturated rings. The Morgan fingerprint density at radius 1 is 1.04 bits per heavy atom. The molecule has 0 bridgehead atoms. The first kappa shape index (κ1) is 19.8. The van der Waals surface area contributed by atoms with Crippen LogP contribution in [0.2, 0.25) is 0 Å². The third-order valence-electron chi connectivity index (χ3n) is 6.21. The molecule has 6 heteroatoms. The van der Waals surface area contributed by atoms with Gasteiger partial charge in [-0.05, 0) is 42.8 Å². The van der Waals surface area contributed by atoms with Gasteiger partial charge in [-0.2, -0.15) is 0 Å². The molecule has 28 heavy (non-hydrogen) atoms. The Bertz CT molecular complexity index is 733. The van der Waals surface area contributed by atoms with Gasteiger partial charge in [0.1, 0.15) is 5.82 Å². The topological polar surface area (TPSA) is 30.0 Å². The van der Waals surface area contributed by atoms with Gasteiger partial charge < -0.3 is 10.0 Å². The molecule has 1 N–H and O–H groups in total. The van der Waals surface area contributed by atoms with E-state index in [0.29, 0.717) is 12.1 Å². The highest BCUT2D eigenvalue weighted by molar-refractivity contribution is 7.09. The second-order valence-electron chi connectivity index (χ2n) is 7.88. The largest absolute Gasteiger partial charge is 0.396 e. The zero-order valence-electron chi connectivity index (χ0n) is 16.3. The lowest BCUT2D eigenvalue weighted by Gasteiger charge is -2.46. The quantitative estimate of drug-likeness (QED) is 0.800. The van der Waals surface area contributed by atoms with Gasteiger partial charge >= 0.3 is 0 Å². The third kappa shape index (κ3) is 4.57. The van der Waals surface area contributed by atoms with E-state index in [1.54, 1.807) is 12.1 Å². The Kier molecular flexibility index (Phi) is 6.62. The molecule has 0 unspecified atom stereocenters. The van der Waals surface area contributed by atoms with Crippen molar-refractivity contribution in [2.45, 2.75) is 37.9 Å². The number of thiophene rings is 1. The highest BCUT2D eigenvalue weighted by atomic mass is 32.1. The predicted octanol–water partition coefficient (Wildman–Crippen LogP) is 3.42. The predicted molar refractivity (Wildman–Crippen MR) is 113 cm³/mol. The van der Waals surface area contributed by atoms with Crippen molar-refractivity contribution in [2.24, 2.45) is 0 Å². The molecule has 152 valence electrons. The van der Waals surface area contributed by atoms with Crippen LogP contribution in [0.4, 0.5) is 10.1 Å². The van der Waals surface area contributed by atoms with Gasteiger partial charge in [-0.1, -0.05) is 18.2 Å². The number of halogens is 1. The van der Waals surface area contributed by atoms with Crippen LogP contribution in [0.5, 0.6) is 0 Å². The maximum Gasteiger partial charge on any atom is 0.146 e. The first-order chi connectivity index (χ1) is 13.7. The van der Waals surface area contributed by atoms with Crippen molar-refractivity contribution in [3.05, 3.63) is 52.5 Å². The fraction of sp³-hybridized carbons (Fsp3) is 0.545. The average Bonchev–Trinajstić information content (AvgIpc) is 3.23. The number of para-hydroxylation sites is 1. The molecule has 4 nitrogen and oxygen atoms in total. The molecule has 0 aliphatic carbocycles. The van der Waals surface area contributed by atoms with E-state index >= 15 is 0 Å². The summed E-state index contributed by atoms with van der Waals surface area (Å²) in [5.41, 5.74) is 0.736. The highest BCUT2D eigenvalue weighted by Gasteiger charge is 2.32. The summed E-state index contributed by atoms with van der Waals surface area (Å²) in [6.45, 7) is 6.20. The Hall–Kier alpha value is -1.47. The van der Waals surface area contributed by atoms with E-state index in [2.05, 4.69) is 32.2 Å². The van der Waals surface area contributed by atoms with Crippen LogP contribution in [-0.4, -0.2) is 66.3 Å². The van der Waals surface area contributed by atoms with Gasteiger partial charge in [0.15, 0.2) is 0 Å². The van der Waals surface area contributed by atoms with Crippen LogP contribution in [0.25, 0.3) is 0 Å². The van der Waals surface area contributed by atoms with Crippen LogP contribution >= 0.6 is 11.3 Å². The summed E-state index contributed by atoms with van der Waals surface area (Å²) in [7, 11) is 0. The van der Waals surface area contributed by atoms with E-state index in [9.17, 15) is 9.50 Å². The zero-order valence-corrected chi connectivity index (χ0v) is 17.2. The summed E-state index contributed by atoms with van der Waals surface area (Å²) >= 11 is 1.81. The second-order valence-corrected chi connectivity index (χ2v) is 8.91. The zero-order chi connectivity index (χ0) is 19.3. The lowest BCUT2D eigenvalue weighted by molar-refractivity contribution is 0.0259. The molecule has 1 aromatic carbocycles. The number of piperidine rings is 1. The average molecular weight is 404 g/mol. The standard InChI is InChI=1S/C22H30FN3OS/c23-21-5-1-2-6-22(21)24-10-7-18(8-11-24)25-12-13-26(19(16-25)9-14-27)17-20-4-3-15-28-20/h1-6,15,18-19,27H,7-14,16-17H2/t19-/m1/s1. The summed E-state index contributed by atoms with van der Waals surface area (Å²) in [6.07, 6.45) is 2.98. The molecule has 2 saturated heterocycles. The molecule has 0 amide bonds. The molecule has 4 rings (SSSR count). The van der Waals surface area contributed by atoms with Crippen molar-refractivity contribution in [3.8, 4) is 0 Å². The molecule has 2 aliphatic heterocycles. The summed E-state index contributed by atoms with van der Waals surface area (Å²) in [5, 5.41) is 11.7. The summed E-state index contributed by atoms with van der Waals surface area (Å²) in [5.74, 6) is -0.119. The molecule has 2 aliphatic rings. The number of hydrogen-bond acceptors (Lipinski definition) is 5. The number of anilines is 1. The molecule has 1 aromatic heterocycles. The van der Waals surface area contributed by atoms with E-state index in [0.717, 1.165) is 64.2 Å². The van der Waals surface area contributed by atoms with Crippen molar-refractivity contribution < 1.29 is 9.50 Å². The van der Waals surface area contributed by atoms with Gasteiger partial charge in [0.05, 0.1) is 5.69 Å². The number of aliphatic hydroxyl groups is 1. The van der Waals surface area contributed by atoms with E-state index in [4.69, 9.17) is 0 Å². The van der Waals surface area contributed by atoms with Gasteiger partial charge in [0, 0.05) is 62.8 Å². The molecule has 0 spiro atoms. The van der Waals surface area contributed by atoms with Crippen LogP contribution in [0.3, 0.4) is 0 Å². The SMILES string of the molecule is OCC[C@@H]1CN(C2CCN(c3ccccc3F)CC2)CCN1Cc1cccs1. The minimum absolute atomic E-state index is 0.119. The lowest BCUT2D eigenvalue weighted by atomic mass is 9.99. The summed E-state index contributed by atoms with van der Waals surface area (Å²) in [4.78, 5) is 8.73. The molecule has 1 atom stereocenters. The van der Waals surface area contributed by atoms with Crippen molar-refractivity contribution in [3.63, 3.8) is 0 Å². The van der Waals surface area contributed by atoms with Gasteiger partial charge in [-0.25, -0.2) is 4.39 Å². The number of piperazine rings is 1. The molecule has 0 saturated carbocycles. The van der Waals surface area contributed by atoms with E-state index in [1.165, 1.54) is 4.88 Å². The number of aliphatic hydroxyl groups excluding tert-OH is 1. The molecule has 3 heterocycles. The van der Waals surface area contributed by atoms with Gasteiger partial charge in [-0.3, -0.25) is 9.80 Å². The van der Waals surface area contributed by atoms with Crippen molar-refractivity contribution in [1.29, 1.82) is 0 Å². The van der Waals surface area contributed by atoms with Gasteiger partial charge in [0.2, 0.25) is 0 Å². The maximum absolute atomic E-state index is 14.1. The van der Waals surface area contributed by atoms with E-state index in [1.807, 2.05) is 23.5 Å². The van der Waals surface area contributed by atoms with Crippen LogP contribution in [-0.2, 0) is 6.54 Å². The van der Waals surface area contributed by atoms with E-state index in [-0.39, 0.29) is 12.4 Å². The smallest absolute Gasteiger partial charge is 0.146 e. The van der Waals surface area contributed by atoms with Crippen molar-refractivity contribution >= 4 is 17.0 Å². The Labute approximate surface area is 171 Å². The Balaban J connectivity index is 1.33. The normalized spacial score (nSPS) is 22.6. The monoisotopic (exact) mass is 403 g/mol. The van der Waals surface area contributed by atoms with Crippen LogP contribution in [0.1, 0.15) is 24.1 Å². The van der Waals surface area contributed by atoms with Crippen LogP contribution in [0.15, 0.2) is 41.8 Å². The van der Waals surface area contributed by atoms with Gasteiger partial charge in [0.25, 0.3) is 0 Å². The van der Waals surface area contributed by atoms with Crippen molar-refractivity contribution in [1.82, 2.24) is 9.80 Å².